The summed E-state index contributed by atoms with van der Waals surface area (Å²) < 4.78 is 38.4. The highest BCUT2D eigenvalue weighted by atomic mass is 35.5. The van der Waals surface area contributed by atoms with Gasteiger partial charge in [-0.2, -0.15) is 0 Å². The first kappa shape index (κ1) is 56.6. The standard InChI is InChI=1S/C52H88ClNO11Si/c1-16-39-25-34(8)24-35(9)26-44(61-14)47-45(62-15)27-37(11)52(59,64-47)48(56)49(57)54-23-18-17-21-41(54)50(58)63-46(36(10)29-51(53)22-19-20-40(30-51)60-13)38(12)43(28-42(39)55)65-66(31(2)3,32(4)5)33(6)7/h25,29,31-33,35,37-41,43-47,59H,16-24,26-28,30H2,1-15H3. The number of hydrogen-bond donors (Lipinski definition) is 1. The molecule has 12 nitrogen and oxygen atoms in total. The predicted octanol–water partition coefficient (Wildman–Crippen LogP) is 10.1. The van der Waals surface area contributed by atoms with E-state index >= 15 is 0 Å². The second kappa shape index (κ2) is 24.2. The van der Waals surface area contributed by atoms with Crippen LogP contribution in [0.15, 0.2) is 23.3 Å². The maximum atomic E-state index is 15.0. The van der Waals surface area contributed by atoms with Crippen LogP contribution >= 0.6 is 11.6 Å². The van der Waals surface area contributed by atoms with Crippen molar-refractivity contribution < 1.29 is 52.4 Å². The zero-order valence-electron chi connectivity index (χ0n) is 43.3. The number of Topliss-reactive ketones (excluding diaryl/α,β-unsaturated/α-hetero) is 2. The van der Waals surface area contributed by atoms with Crippen LogP contribution in [-0.2, 0) is 47.3 Å². The number of nitrogens with zero attached hydrogens (tertiary/aromatic N) is 1. The molecule has 66 heavy (non-hydrogen) atoms. The number of ether oxygens (including phenoxy) is 5. The Bertz CT molecular complexity index is 1700. The van der Waals surface area contributed by atoms with Crippen LogP contribution in [-0.4, -0.2) is 123 Å². The highest BCUT2D eigenvalue weighted by Gasteiger charge is 2.57. The first-order valence-corrected chi connectivity index (χ1v) is 27.8. The average molecular weight is 967 g/mol. The van der Waals surface area contributed by atoms with Gasteiger partial charge in [-0.15, -0.1) is 11.6 Å². The number of allylic oxidation sites excluding steroid dienone is 3. The van der Waals surface area contributed by atoms with Crippen molar-refractivity contribution in [3.05, 3.63) is 23.3 Å². The molecule has 13 unspecified atom stereocenters. The summed E-state index contributed by atoms with van der Waals surface area (Å²) in [7, 11) is 2.17. The summed E-state index contributed by atoms with van der Waals surface area (Å²) in [6.45, 7) is 25.2. The van der Waals surface area contributed by atoms with E-state index in [1.54, 1.807) is 28.3 Å². The lowest BCUT2D eigenvalue weighted by atomic mass is 9.82. The zero-order chi connectivity index (χ0) is 49.5. The van der Waals surface area contributed by atoms with Gasteiger partial charge in [0.2, 0.25) is 14.1 Å². The Kier molecular flexibility index (Phi) is 20.8. The number of piperidine rings is 1. The first-order valence-electron chi connectivity index (χ1n) is 25.2. The SMILES string of the molecule is CCC1C=C(C)CC(C)CC(OC)C2OC(O)(C(=O)C(=O)N3CCCCC3C(=O)OC(C(C)=CC3(Cl)CCCC(OC)C3)C(C)C(O[Si](C(C)C)(C(C)C)C(C)C)CC1=O)C(C)CC2OC. The lowest BCUT2D eigenvalue weighted by Crippen LogP contribution is -2.64. The van der Waals surface area contributed by atoms with Crippen molar-refractivity contribution in [3.8, 4) is 0 Å². The van der Waals surface area contributed by atoms with E-state index in [1.807, 2.05) is 33.8 Å². The number of halogens is 1. The van der Waals surface area contributed by atoms with Crippen LogP contribution in [0.2, 0.25) is 16.6 Å². The summed E-state index contributed by atoms with van der Waals surface area (Å²) >= 11 is 7.44. The molecule has 14 heteroatoms. The van der Waals surface area contributed by atoms with Gasteiger partial charge in [0.1, 0.15) is 24.0 Å². The molecular weight excluding hydrogens is 878 g/mol. The molecule has 2 bridgehead atoms. The van der Waals surface area contributed by atoms with E-state index in [-0.39, 0.29) is 66.2 Å². The van der Waals surface area contributed by atoms with Crippen LogP contribution in [0.3, 0.4) is 0 Å². The van der Waals surface area contributed by atoms with Gasteiger partial charge in [0.05, 0.1) is 29.3 Å². The molecular formula is C52H88ClNO11Si. The Morgan fingerprint density at radius 3 is 2.11 bits per heavy atom. The first-order chi connectivity index (χ1) is 30.9. The van der Waals surface area contributed by atoms with Gasteiger partial charge in [0.15, 0.2) is 0 Å². The highest BCUT2D eigenvalue weighted by molar-refractivity contribution is 6.77. The molecule has 0 aromatic carbocycles. The van der Waals surface area contributed by atoms with Gasteiger partial charge in [-0.25, -0.2) is 4.79 Å². The Labute approximate surface area is 404 Å². The fourth-order valence-electron chi connectivity index (χ4n) is 12.2. The lowest BCUT2D eigenvalue weighted by Gasteiger charge is -2.47. The summed E-state index contributed by atoms with van der Waals surface area (Å²) in [5, 5.41) is 12.3. The summed E-state index contributed by atoms with van der Waals surface area (Å²) in [6, 6.07) is -1.11. The molecule has 1 N–H and O–H groups in total. The maximum Gasteiger partial charge on any atom is 0.329 e. The maximum absolute atomic E-state index is 15.0. The van der Waals surface area contributed by atoms with Gasteiger partial charge >= 0.3 is 5.97 Å². The fraction of sp³-hybridized carbons (Fsp3) is 0.846. The number of ketones is 2. The van der Waals surface area contributed by atoms with E-state index in [0.717, 1.165) is 24.0 Å². The van der Waals surface area contributed by atoms with Crippen LogP contribution in [0.5, 0.6) is 0 Å². The molecule has 13 atom stereocenters. The smallest absolute Gasteiger partial charge is 0.329 e. The van der Waals surface area contributed by atoms with Crippen LogP contribution in [0.1, 0.15) is 160 Å². The lowest BCUT2D eigenvalue weighted by molar-refractivity contribution is -0.302. The molecule has 3 aliphatic heterocycles. The molecule has 1 saturated carbocycles. The minimum Gasteiger partial charge on any atom is -0.456 e. The molecule has 0 radical (unpaired) electrons. The molecule has 0 aromatic rings. The van der Waals surface area contributed by atoms with Gasteiger partial charge in [0, 0.05) is 52.0 Å². The third kappa shape index (κ3) is 12.9. The fourth-order valence-corrected chi connectivity index (χ4v) is 18.3. The zero-order valence-corrected chi connectivity index (χ0v) is 45.0. The highest BCUT2D eigenvalue weighted by Crippen LogP contribution is 2.46. The summed E-state index contributed by atoms with van der Waals surface area (Å²) in [4.78, 5) is 59.5. The summed E-state index contributed by atoms with van der Waals surface area (Å²) in [5.41, 5.74) is 2.41. The summed E-state index contributed by atoms with van der Waals surface area (Å²) in [6.07, 6.45) is 7.09. The number of fused-ring (bicyclic) bond motifs is 3. The average Bonchev–Trinajstić information content (AvgIpc) is 3.26. The van der Waals surface area contributed by atoms with E-state index < -0.39 is 85.0 Å². The van der Waals surface area contributed by atoms with Crippen molar-refractivity contribution in [2.45, 2.75) is 230 Å². The third-order valence-corrected chi connectivity index (χ3v) is 22.4. The number of alkyl halides is 1. The monoisotopic (exact) mass is 966 g/mol. The Balaban J connectivity index is 1.95. The van der Waals surface area contributed by atoms with Crippen LogP contribution in [0.4, 0.5) is 0 Å². The minimum atomic E-state index is -2.65. The number of aliphatic hydroxyl groups is 1. The Morgan fingerprint density at radius 1 is 0.909 bits per heavy atom. The van der Waals surface area contributed by atoms with Gasteiger partial charge in [-0.3, -0.25) is 14.4 Å². The molecule has 2 saturated heterocycles. The van der Waals surface area contributed by atoms with E-state index in [1.165, 1.54) is 4.90 Å². The predicted molar refractivity (Wildman–Crippen MR) is 262 cm³/mol. The van der Waals surface area contributed by atoms with Crippen molar-refractivity contribution in [2.75, 3.05) is 27.9 Å². The topological polar surface area (TPSA) is 147 Å². The number of rotatable bonds is 11. The van der Waals surface area contributed by atoms with Gasteiger partial charge in [-0.05, 0) is 113 Å². The molecule has 1 amide bonds. The van der Waals surface area contributed by atoms with Crippen molar-refractivity contribution in [1.29, 1.82) is 0 Å². The molecule has 3 heterocycles. The molecule has 4 aliphatic rings. The summed E-state index contributed by atoms with van der Waals surface area (Å²) in [5.74, 6) is -6.91. The van der Waals surface area contributed by atoms with E-state index in [9.17, 15) is 24.3 Å². The number of hydrogen-bond acceptors (Lipinski definition) is 11. The molecule has 378 valence electrons. The Morgan fingerprint density at radius 2 is 1.53 bits per heavy atom. The number of carbonyl (C=O) groups is 4. The molecule has 1 aliphatic carbocycles. The van der Waals surface area contributed by atoms with Gasteiger partial charge in [-0.1, -0.05) is 87.0 Å². The van der Waals surface area contributed by atoms with Crippen molar-refractivity contribution >= 4 is 43.4 Å². The van der Waals surface area contributed by atoms with Crippen molar-refractivity contribution in [1.82, 2.24) is 4.90 Å². The van der Waals surface area contributed by atoms with Crippen molar-refractivity contribution in [3.63, 3.8) is 0 Å². The molecule has 0 spiro atoms. The normalized spacial score (nSPS) is 36.8. The minimum absolute atomic E-state index is 0.0293. The third-order valence-electron chi connectivity index (χ3n) is 15.8. The number of methoxy groups -OCH3 is 3. The number of amides is 1. The van der Waals surface area contributed by atoms with E-state index in [4.69, 9.17) is 39.7 Å². The molecule has 3 fully saturated rings. The second-order valence-corrected chi connectivity index (χ2v) is 27.8. The van der Waals surface area contributed by atoms with Crippen LogP contribution < -0.4 is 0 Å². The Hall–Kier alpha value is -1.97. The van der Waals surface area contributed by atoms with E-state index in [2.05, 4.69) is 54.5 Å². The van der Waals surface area contributed by atoms with Gasteiger partial charge in [0.25, 0.3) is 11.7 Å². The molecule has 0 aromatic heterocycles. The molecule has 4 rings (SSSR count). The second-order valence-electron chi connectivity index (χ2n) is 21.6. The van der Waals surface area contributed by atoms with E-state index in [0.29, 0.717) is 44.9 Å². The van der Waals surface area contributed by atoms with Crippen molar-refractivity contribution in [2.24, 2.45) is 23.7 Å². The van der Waals surface area contributed by atoms with Crippen LogP contribution in [0, 0.1) is 23.7 Å². The quantitative estimate of drug-likeness (QED) is 0.0694. The van der Waals surface area contributed by atoms with Gasteiger partial charge < -0.3 is 38.1 Å². The largest absolute Gasteiger partial charge is 0.456 e. The number of esters is 1. The van der Waals surface area contributed by atoms with Crippen LogP contribution in [0.25, 0.3) is 0 Å². The number of carbonyl (C=O) groups excluding carboxylic acids is 4. The number of cyclic esters (lactones) is 1.